The van der Waals surface area contributed by atoms with E-state index in [1.807, 2.05) is 0 Å². The van der Waals surface area contributed by atoms with E-state index in [0.29, 0.717) is 5.78 Å². The molecule has 1 heterocycles. The van der Waals surface area contributed by atoms with E-state index < -0.39 is 0 Å². The number of hydrogen-bond donors (Lipinski definition) is 0. The average Bonchev–Trinajstić information content (AvgIpc) is 2.80. The van der Waals surface area contributed by atoms with Gasteiger partial charge in [0, 0.05) is 23.2 Å². The first kappa shape index (κ1) is 12.2. The lowest BCUT2D eigenvalue weighted by Gasteiger charge is -2.21. The van der Waals surface area contributed by atoms with Gasteiger partial charge in [-0.15, -0.1) is 0 Å². The van der Waals surface area contributed by atoms with Crippen molar-refractivity contribution in [1.29, 1.82) is 0 Å². The smallest absolute Gasteiger partial charge is 0.136 e. The second-order valence-corrected chi connectivity index (χ2v) is 6.18. The monoisotopic (exact) mass is 308 g/mol. The van der Waals surface area contributed by atoms with Crippen LogP contribution >= 0.6 is 15.9 Å². The van der Waals surface area contributed by atoms with Crippen LogP contribution in [0.2, 0.25) is 0 Å². The maximum Gasteiger partial charge on any atom is 0.136 e. The van der Waals surface area contributed by atoms with Crippen LogP contribution in [0.25, 0.3) is 0 Å². The standard InChI is InChI=1S/C15H17BrO2/c16-13-8-11-5-6-18-15(11)12(9-13)7-10-3-1-2-4-14(10)17/h8-10H,1-7H2. The first-order valence-electron chi connectivity index (χ1n) is 6.71. The summed E-state index contributed by atoms with van der Waals surface area (Å²) in [6.07, 6.45) is 5.90. The summed E-state index contributed by atoms with van der Waals surface area (Å²) in [6.45, 7) is 0.775. The van der Waals surface area contributed by atoms with Crippen molar-refractivity contribution in [2.45, 2.75) is 38.5 Å². The molecule has 1 aromatic carbocycles. The van der Waals surface area contributed by atoms with Crippen LogP contribution < -0.4 is 4.74 Å². The Kier molecular flexibility index (Phi) is 3.42. The number of Topliss-reactive ketones (excluding diaryl/α,β-unsaturated/α-hetero) is 1. The number of fused-ring (bicyclic) bond motifs is 1. The van der Waals surface area contributed by atoms with Gasteiger partial charge in [-0.25, -0.2) is 0 Å². The zero-order valence-electron chi connectivity index (χ0n) is 10.4. The van der Waals surface area contributed by atoms with Crippen molar-refractivity contribution >= 4 is 21.7 Å². The van der Waals surface area contributed by atoms with Gasteiger partial charge in [-0.1, -0.05) is 22.4 Å². The zero-order valence-corrected chi connectivity index (χ0v) is 12.0. The second-order valence-electron chi connectivity index (χ2n) is 5.26. The Bertz CT molecular complexity index is 482. The third-order valence-corrected chi connectivity index (χ3v) is 4.43. The van der Waals surface area contributed by atoms with E-state index >= 15 is 0 Å². The van der Waals surface area contributed by atoms with Crippen LogP contribution in [0.15, 0.2) is 16.6 Å². The zero-order chi connectivity index (χ0) is 12.5. The molecule has 3 heteroatoms. The summed E-state index contributed by atoms with van der Waals surface area (Å²) in [5.41, 5.74) is 2.49. The van der Waals surface area contributed by atoms with Crippen LogP contribution in [0.4, 0.5) is 0 Å². The summed E-state index contributed by atoms with van der Waals surface area (Å²) in [4.78, 5) is 11.9. The number of carbonyl (C=O) groups is 1. The maximum atomic E-state index is 11.9. The van der Waals surface area contributed by atoms with Gasteiger partial charge in [-0.05, 0) is 42.5 Å². The first-order valence-corrected chi connectivity index (χ1v) is 7.50. The highest BCUT2D eigenvalue weighted by atomic mass is 79.9. The molecule has 96 valence electrons. The molecule has 3 rings (SSSR count). The maximum absolute atomic E-state index is 11.9. The van der Waals surface area contributed by atoms with Gasteiger partial charge in [-0.2, -0.15) is 0 Å². The van der Waals surface area contributed by atoms with Gasteiger partial charge in [0.15, 0.2) is 0 Å². The lowest BCUT2D eigenvalue weighted by atomic mass is 9.83. The molecule has 0 aromatic heterocycles. The predicted molar refractivity (Wildman–Crippen MR) is 74.0 cm³/mol. The molecule has 1 aliphatic carbocycles. The highest BCUT2D eigenvalue weighted by molar-refractivity contribution is 9.10. The Hall–Kier alpha value is -0.830. The lowest BCUT2D eigenvalue weighted by Crippen LogP contribution is -2.21. The molecular weight excluding hydrogens is 292 g/mol. The van der Waals surface area contributed by atoms with Crippen LogP contribution in [-0.2, 0) is 17.6 Å². The predicted octanol–water partition coefficient (Wildman–Crippen LogP) is 3.69. The molecule has 1 fully saturated rings. The molecule has 1 saturated carbocycles. The number of carbonyl (C=O) groups excluding carboxylic acids is 1. The highest BCUT2D eigenvalue weighted by Gasteiger charge is 2.25. The molecule has 0 spiro atoms. The molecule has 1 unspecified atom stereocenters. The first-order chi connectivity index (χ1) is 8.74. The van der Waals surface area contributed by atoms with Crippen molar-refractivity contribution in [2.24, 2.45) is 5.92 Å². The summed E-state index contributed by atoms with van der Waals surface area (Å²) in [5.74, 6) is 1.69. The van der Waals surface area contributed by atoms with E-state index in [1.54, 1.807) is 0 Å². The van der Waals surface area contributed by atoms with Crippen LogP contribution in [-0.4, -0.2) is 12.4 Å². The fourth-order valence-electron chi connectivity index (χ4n) is 3.03. The Balaban J connectivity index is 1.86. The number of hydrogen-bond acceptors (Lipinski definition) is 2. The molecule has 0 N–H and O–H groups in total. The molecule has 18 heavy (non-hydrogen) atoms. The number of ether oxygens (including phenoxy) is 1. The SMILES string of the molecule is O=C1CCCCC1Cc1cc(Br)cc2c1OCC2. The molecule has 0 radical (unpaired) electrons. The van der Waals surface area contributed by atoms with Gasteiger partial charge in [0.25, 0.3) is 0 Å². The summed E-state index contributed by atoms with van der Waals surface area (Å²) in [7, 11) is 0. The quantitative estimate of drug-likeness (QED) is 0.833. The molecular formula is C15H17BrO2. The molecule has 0 amide bonds. The van der Waals surface area contributed by atoms with Gasteiger partial charge in [-0.3, -0.25) is 4.79 Å². The molecule has 2 nitrogen and oxygen atoms in total. The van der Waals surface area contributed by atoms with E-state index in [0.717, 1.165) is 48.9 Å². The van der Waals surface area contributed by atoms with Gasteiger partial charge < -0.3 is 4.74 Å². The van der Waals surface area contributed by atoms with Gasteiger partial charge in [0.05, 0.1) is 6.61 Å². The van der Waals surface area contributed by atoms with Gasteiger partial charge >= 0.3 is 0 Å². The summed E-state index contributed by atoms with van der Waals surface area (Å²) in [5, 5.41) is 0. The second kappa shape index (κ2) is 5.04. The van der Waals surface area contributed by atoms with E-state index in [4.69, 9.17) is 4.74 Å². The Labute approximate surface area is 116 Å². The topological polar surface area (TPSA) is 26.3 Å². The van der Waals surface area contributed by atoms with Crippen LogP contribution in [0.5, 0.6) is 5.75 Å². The van der Waals surface area contributed by atoms with E-state index in [9.17, 15) is 4.79 Å². The lowest BCUT2D eigenvalue weighted by molar-refractivity contribution is -0.124. The van der Waals surface area contributed by atoms with Gasteiger partial charge in [0.2, 0.25) is 0 Å². The van der Waals surface area contributed by atoms with E-state index in [1.165, 1.54) is 17.5 Å². The number of rotatable bonds is 2. The number of halogens is 1. The fourth-order valence-corrected chi connectivity index (χ4v) is 3.59. The molecule has 1 aliphatic heterocycles. The van der Waals surface area contributed by atoms with Crippen molar-refractivity contribution < 1.29 is 9.53 Å². The number of benzene rings is 1. The minimum absolute atomic E-state index is 0.210. The van der Waals surface area contributed by atoms with E-state index in [-0.39, 0.29) is 5.92 Å². The minimum atomic E-state index is 0.210. The minimum Gasteiger partial charge on any atom is -0.493 e. The summed E-state index contributed by atoms with van der Waals surface area (Å²) < 4.78 is 6.83. The van der Waals surface area contributed by atoms with Gasteiger partial charge in [0.1, 0.15) is 11.5 Å². The third-order valence-electron chi connectivity index (χ3n) is 3.97. The Morgan fingerprint density at radius 2 is 2.17 bits per heavy atom. The molecule has 1 aromatic rings. The molecule has 0 saturated heterocycles. The molecule has 2 aliphatic rings. The van der Waals surface area contributed by atoms with Crippen molar-refractivity contribution in [3.05, 3.63) is 27.7 Å². The number of ketones is 1. The van der Waals surface area contributed by atoms with Crippen LogP contribution in [0.3, 0.4) is 0 Å². The van der Waals surface area contributed by atoms with Crippen molar-refractivity contribution in [1.82, 2.24) is 0 Å². The Morgan fingerprint density at radius 1 is 1.28 bits per heavy atom. The van der Waals surface area contributed by atoms with E-state index in [2.05, 4.69) is 28.1 Å². The highest BCUT2D eigenvalue weighted by Crippen LogP contribution is 2.36. The largest absolute Gasteiger partial charge is 0.493 e. The van der Waals surface area contributed by atoms with Crippen LogP contribution in [0, 0.1) is 5.92 Å². The Morgan fingerprint density at radius 3 is 3.00 bits per heavy atom. The normalized spacial score (nSPS) is 22.7. The fraction of sp³-hybridized carbons (Fsp3) is 0.533. The molecule has 1 atom stereocenters. The van der Waals surface area contributed by atoms with Crippen molar-refractivity contribution in [3.8, 4) is 5.75 Å². The average molecular weight is 309 g/mol. The third kappa shape index (κ3) is 2.33. The molecule has 0 bridgehead atoms. The van der Waals surface area contributed by atoms with Crippen LogP contribution in [0.1, 0.15) is 36.8 Å². The summed E-state index contributed by atoms with van der Waals surface area (Å²) in [6, 6.07) is 4.25. The van der Waals surface area contributed by atoms with Crippen molar-refractivity contribution in [2.75, 3.05) is 6.61 Å². The summed E-state index contributed by atoms with van der Waals surface area (Å²) >= 11 is 3.56. The van der Waals surface area contributed by atoms with Crippen molar-refractivity contribution in [3.63, 3.8) is 0 Å².